The lowest BCUT2D eigenvalue weighted by Gasteiger charge is -2.34. The van der Waals surface area contributed by atoms with E-state index in [1.54, 1.807) is 42.5 Å². The first-order valence-electron chi connectivity index (χ1n) is 15.6. The Morgan fingerprint density at radius 1 is 0.809 bits per heavy atom. The van der Waals surface area contributed by atoms with E-state index in [-0.39, 0.29) is 23.8 Å². The highest BCUT2D eigenvalue weighted by atomic mass is 35.5. The molecule has 0 aliphatic carbocycles. The second kappa shape index (κ2) is 16.3. The molecule has 4 aromatic rings. The van der Waals surface area contributed by atoms with Crippen molar-refractivity contribution in [2.75, 3.05) is 17.4 Å². The summed E-state index contributed by atoms with van der Waals surface area (Å²) in [5, 5.41) is 3.65. The summed E-state index contributed by atoms with van der Waals surface area (Å²) in [7, 11) is -4.21. The minimum atomic E-state index is -4.21. The quantitative estimate of drug-likeness (QED) is 0.137. The van der Waals surface area contributed by atoms with E-state index in [4.69, 9.17) is 23.2 Å². The molecule has 10 heteroatoms. The van der Waals surface area contributed by atoms with Crippen LogP contribution < -0.4 is 9.62 Å². The summed E-state index contributed by atoms with van der Waals surface area (Å²) >= 11 is 13.2. The summed E-state index contributed by atoms with van der Waals surface area (Å²) in [6.07, 6.45) is 1.84. The van der Waals surface area contributed by atoms with Crippen LogP contribution in [0.15, 0.2) is 95.9 Å². The van der Waals surface area contributed by atoms with Gasteiger partial charge >= 0.3 is 0 Å². The number of nitrogens with one attached hydrogen (secondary N) is 1. The van der Waals surface area contributed by atoms with Crippen molar-refractivity contribution >= 4 is 50.7 Å². The van der Waals surface area contributed by atoms with Crippen LogP contribution in [0, 0.1) is 20.8 Å². The Morgan fingerprint density at radius 2 is 1.43 bits per heavy atom. The van der Waals surface area contributed by atoms with Crippen LogP contribution in [-0.2, 0) is 32.6 Å². The van der Waals surface area contributed by atoms with Gasteiger partial charge in [-0.3, -0.25) is 13.9 Å². The number of nitrogens with zero attached hydrogens (tertiary/aromatic N) is 2. The topological polar surface area (TPSA) is 86.8 Å². The summed E-state index contributed by atoms with van der Waals surface area (Å²) in [6, 6.07) is 25.4. The molecule has 7 nitrogen and oxygen atoms in total. The summed E-state index contributed by atoms with van der Waals surface area (Å²) in [5.41, 5.74) is 4.23. The molecular formula is C37H41Cl2N3O4S. The van der Waals surface area contributed by atoms with Gasteiger partial charge in [0.15, 0.2) is 0 Å². The van der Waals surface area contributed by atoms with E-state index in [0.29, 0.717) is 27.8 Å². The van der Waals surface area contributed by atoms with Gasteiger partial charge in [0.25, 0.3) is 10.0 Å². The van der Waals surface area contributed by atoms with Crippen molar-refractivity contribution in [2.24, 2.45) is 0 Å². The Morgan fingerprint density at radius 3 is 2.02 bits per heavy atom. The first-order chi connectivity index (χ1) is 22.4. The third-order valence-electron chi connectivity index (χ3n) is 7.87. The Balaban J connectivity index is 1.85. The smallest absolute Gasteiger partial charge is 0.264 e. The van der Waals surface area contributed by atoms with Crippen LogP contribution in [-0.4, -0.2) is 44.3 Å². The van der Waals surface area contributed by atoms with E-state index < -0.39 is 28.5 Å². The second-order valence-electron chi connectivity index (χ2n) is 11.7. The fraction of sp³-hybridized carbons (Fsp3) is 0.297. The fourth-order valence-electron chi connectivity index (χ4n) is 5.37. The third kappa shape index (κ3) is 9.37. The Labute approximate surface area is 288 Å². The molecule has 0 fully saturated rings. The Kier molecular flexibility index (Phi) is 12.5. The molecule has 2 amide bonds. The van der Waals surface area contributed by atoms with Gasteiger partial charge < -0.3 is 10.2 Å². The molecule has 47 heavy (non-hydrogen) atoms. The van der Waals surface area contributed by atoms with Gasteiger partial charge in [-0.1, -0.05) is 96.7 Å². The number of rotatable bonds is 14. The lowest BCUT2D eigenvalue weighted by atomic mass is 10.0. The van der Waals surface area contributed by atoms with Crippen LogP contribution in [0.1, 0.15) is 47.6 Å². The van der Waals surface area contributed by atoms with E-state index in [2.05, 4.69) is 5.32 Å². The van der Waals surface area contributed by atoms with E-state index in [0.717, 1.165) is 39.4 Å². The van der Waals surface area contributed by atoms with Gasteiger partial charge in [0.1, 0.15) is 12.6 Å². The number of sulfonamides is 1. The minimum absolute atomic E-state index is 0.0499. The van der Waals surface area contributed by atoms with E-state index in [1.807, 2.05) is 64.1 Å². The molecule has 0 heterocycles. The molecule has 0 aliphatic heterocycles. The predicted octanol–water partition coefficient (Wildman–Crippen LogP) is 7.67. The molecule has 0 bridgehead atoms. The van der Waals surface area contributed by atoms with Crippen LogP contribution in [0.4, 0.5) is 5.69 Å². The van der Waals surface area contributed by atoms with Crippen molar-refractivity contribution in [3.63, 3.8) is 0 Å². The van der Waals surface area contributed by atoms with Gasteiger partial charge in [0, 0.05) is 35.1 Å². The van der Waals surface area contributed by atoms with Crippen molar-refractivity contribution in [1.82, 2.24) is 10.2 Å². The molecule has 0 radical (unpaired) electrons. The first-order valence-corrected chi connectivity index (χ1v) is 17.8. The number of halogens is 2. The Hall–Kier alpha value is -3.85. The average molecular weight is 695 g/mol. The second-order valence-corrected chi connectivity index (χ2v) is 14.4. The number of carbonyl (C=O) groups is 2. The minimum Gasteiger partial charge on any atom is -0.354 e. The monoisotopic (exact) mass is 693 g/mol. The standard InChI is InChI=1S/C37H41Cl2N3O4S/c1-5-6-19-40-37(44)35(23-29-11-8-7-9-12-29)41(24-32-33(38)13-10-14-34(32)39)36(43)25-42(30-21-27(3)20-28(4)22-30)47(45,46)31-17-15-26(2)16-18-31/h7-18,20-22,35H,5-6,19,23-25H2,1-4H3,(H,40,44)/t35-/m1/s1. The number of amides is 2. The molecule has 1 N–H and O–H groups in total. The van der Waals surface area contributed by atoms with Crippen molar-refractivity contribution in [1.29, 1.82) is 0 Å². The highest BCUT2D eigenvalue weighted by Gasteiger charge is 2.35. The fourth-order valence-corrected chi connectivity index (χ4v) is 7.29. The van der Waals surface area contributed by atoms with E-state index >= 15 is 0 Å². The largest absolute Gasteiger partial charge is 0.354 e. The SMILES string of the molecule is CCCCNC(=O)[C@@H](Cc1ccccc1)N(Cc1c(Cl)cccc1Cl)C(=O)CN(c1cc(C)cc(C)c1)S(=O)(=O)c1ccc(C)cc1. The van der Waals surface area contributed by atoms with Gasteiger partial charge in [-0.15, -0.1) is 0 Å². The third-order valence-corrected chi connectivity index (χ3v) is 10.4. The molecule has 4 aromatic carbocycles. The van der Waals surface area contributed by atoms with Crippen LogP contribution in [0.5, 0.6) is 0 Å². The summed E-state index contributed by atoms with van der Waals surface area (Å²) < 4.78 is 29.7. The van der Waals surface area contributed by atoms with Crippen LogP contribution >= 0.6 is 23.2 Å². The van der Waals surface area contributed by atoms with Gasteiger partial charge in [-0.05, 0) is 80.3 Å². The van der Waals surface area contributed by atoms with Crippen LogP contribution in [0.2, 0.25) is 10.0 Å². The maximum absolute atomic E-state index is 14.7. The van der Waals surface area contributed by atoms with Crippen molar-refractivity contribution in [3.8, 4) is 0 Å². The summed E-state index contributed by atoms with van der Waals surface area (Å²) in [5.74, 6) is -0.930. The molecule has 0 aliphatic rings. The van der Waals surface area contributed by atoms with Gasteiger partial charge in [-0.2, -0.15) is 0 Å². The van der Waals surface area contributed by atoms with Crippen molar-refractivity contribution < 1.29 is 18.0 Å². The highest BCUT2D eigenvalue weighted by Crippen LogP contribution is 2.30. The molecular weight excluding hydrogens is 653 g/mol. The van der Waals surface area contributed by atoms with E-state index in [9.17, 15) is 18.0 Å². The normalized spacial score (nSPS) is 12.0. The van der Waals surface area contributed by atoms with Crippen LogP contribution in [0.3, 0.4) is 0 Å². The number of benzene rings is 4. The summed E-state index contributed by atoms with van der Waals surface area (Å²) in [6.45, 7) is 7.41. The van der Waals surface area contributed by atoms with Gasteiger partial charge in [-0.25, -0.2) is 8.42 Å². The maximum Gasteiger partial charge on any atom is 0.264 e. The lowest BCUT2D eigenvalue weighted by molar-refractivity contribution is -0.140. The lowest BCUT2D eigenvalue weighted by Crippen LogP contribution is -2.53. The summed E-state index contributed by atoms with van der Waals surface area (Å²) in [4.78, 5) is 30.1. The number of hydrogen-bond acceptors (Lipinski definition) is 4. The molecule has 0 aromatic heterocycles. The van der Waals surface area contributed by atoms with Gasteiger partial charge in [0.2, 0.25) is 11.8 Å². The zero-order valence-electron chi connectivity index (χ0n) is 27.2. The number of carbonyl (C=O) groups excluding carboxylic acids is 2. The molecule has 0 unspecified atom stereocenters. The van der Waals surface area contributed by atoms with Crippen molar-refractivity contribution in [2.45, 2.75) is 64.4 Å². The number of hydrogen-bond donors (Lipinski definition) is 1. The Bertz CT molecular complexity index is 1760. The predicted molar refractivity (Wildman–Crippen MR) is 190 cm³/mol. The number of aryl methyl sites for hydroxylation is 3. The highest BCUT2D eigenvalue weighted by molar-refractivity contribution is 7.92. The number of anilines is 1. The molecule has 0 spiro atoms. The molecule has 248 valence electrons. The van der Waals surface area contributed by atoms with Crippen LogP contribution in [0.25, 0.3) is 0 Å². The first kappa shape index (κ1) is 36.0. The van der Waals surface area contributed by atoms with Gasteiger partial charge in [0.05, 0.1) is 10.6 Å². The molecule has 0 saturated heterocycles. The van der Waals surface area contributed by atoms with E-state index in [1.165, 1.54) is 17.0 Å². The average Bonchev–Trinajstić information content (AvgIpc) is 3.03. The number of unbranched alkanes of at least 4 members (excludes halogenated alkanes) is 1. The zero-order valence-corrected chi connectivity index (χ0v) is 29.5. The molecule has 0 saturated carbocycles. The molecule has 4 rings (SSSR count). The maximum atomic E-state index is 14.7. The zero-order chi connectivity index (χ0) is 34.1. The van der Waals surface area contributed by atoms with Crippen molar-refractivity contribution in [3.05, 3.63) is 129 Å². The molecule has 1 atom stereocenters.